The fourth-order valence-electron chi connectivity index (χ4n) is 2.27. The number of amides is 1. The maximum absolute atomic E-state index is 12.4. The van der Waals surface area contributed by atoms with Crippen LogP contribution in [-0.4, -0.2) is 22.4 Å². The SMILES string of the molecule is CCCCCNc1cc(C(=O)Nc2ccccc2C)nc(C)n1. The van der Waals surface area contributed by atoms with Crippen LogP contribution in [0.5, 0.6) is 0 Å². The number of para-hydroxylation sites is 1. The number of aryl methyl sites for hydroxylation is 2. The van der Waals surface area contributed by atoms with Gasteiger partial charge in [-0.2, -0.15) is 0 Å². The Morgan fingerprint density at radius 2 is 1.91 bits per heavy atom. The molecule has 1 aromatic heterocycles. The number of benzene rings is 1. The van der Waals surface area contributed by atoms with E-state index in [9.17, 15) is 4.79 Å². The maximum atomic E-state index is 12.4. The Bertz CT molecular complexity index is 670. The molecule has 0 aliphatic heterocycles. The lowest BCUT2D eigenvalue weighted by Gasteiger charge is -2.10. The maximum Gasteiger partial charge on any atom is 0.274 e. The second-order valence-electron chi connectivity index (χ2n) is 5.59. The summed E-state index contributed by atoms with van der Waals surface area (Å²) in [6, 6.07) is 9.38. The van der Waals surface area contributed by atoms with Gasteiger partial charge in [0, 0.05) is 18.3 Å². The van der Waals surface area contributed by atoms with Crippen molar-refractivity contribution in [1.82, 2.24) is 9.97 Å². The van der Waals surface area contributed by atoms with Crippen molar-refractivity contribution in [1.29, 1.82) is 0 Å². The zero-order valence-corrected chi connectivity index (χ0v) is 14.0. The van der Waals surface area contributed by atoms with Crippen molar-refractivity contribution in [2.75, 3.05) is 17.2 Å². The van der Waals surface area contributed by atoms with E-state index in [-0.39, 0.29) is 5.91 Å². The van der Waals surface area contributed by atoms with Gasteiger partial charge in [0.1, 0.15) is 17.3 Å². The molecule has 0 saturated heterocycles. The second kappa shape index (κ2) is 8.27. The average Bonchev–Trinajstić information content (AvgIpc) is 2.53. The lowest BCUT2D eigenvalue weighted by atomic mass is 10.2. The standard InChI is InChI=1S/C18H24N4O/c1-4-5-8-11-19-17-12-16(20-14(3)21-17)18(23)22-15-10-7-6-9-13(15)2/h6-7,9-10,12H,4-5,8,11H2,1-3H3,(H,22,23)(H,19,20,21). The molecule has 0 bridgehead atoms. The van der Waals surface area contributed by atoms with Gasteiger partial charge in [-0.05, 0) is 31.9 Å². The van der Waals surface area contributed by atoms with E-state index in [0.29, 0.717) is 17.3 Å². The van der Waals surface area contributed by atoms with Crippen LogP contribution in [0.2, 0.25) is 0 Å². The number of rotatable bonds is 7. The molecule has 0 atom stereocenters. The van der Waals surface area contributed by atoms with E-state index in [1.165, 1.54) is 12.8 Å². The van der Waals surface area contributed by atoms with Gasteiger partial charge in [0.15, 0.2) is 0 Å². The minimum atomic E-state index is -0.221. The zero-order chi connectivity index (χ0) is 16.7. The molecule has 2 aromatic rings. The molecule has 0 spiro atoms. The van der Waals surface area contributed by atoms with Crippen molar-refractivity contribution in [3.05, 3.63) is 47.4 Å². The van der Waals surface area contributed by atoms with Crippen LogP contribution in [0.3, 0.4) is 0 Å². The zero-order valence-electron chi connectivity index (χ0n) is 14.0. The minimum Gasteiger partial charge on any atom is -0.370 e. The van der Waals surface area contributed by atoms with Crippen LogP contribution >= 0.6 is 0 Å². The molecule has 1 heterocycles. The number of aromatic nitrogens is 2. The van der Waals surface area contributed by atoms with Crippen molar-refractivity contribution in [3.63, 3.8) is 0 Å². The molecule has 2 N–H and O–H groups in total. The molecule has 23 heavy (non-hydrogen) atoms. The van der Waals surface area contributed by atoms with Crippen molar-refractivity contribution < 1.29 is 4.79 Å². The fraction of sp³-hybridized carbons (Fsp3) is 0.389. The summed E-state index contributed by atoms with van der Waals surface area (Å²) in [5, 5.41) is 6.16. The lowest BCUT2D eigenvalue weighted by molar-refractivity contribution is 0.102. The Hall–Kier alpha value is -2.43. The van der Waals surface area contributed by atoms with Crippen LogP contribution in [-0.2, 0) is 0 Å². The molecule has 2 rings (SSSR count). The van der Waals surface area contributed by atoms with Gasteiger partial charge in [-0.1, -0.05) is 38.0 Å². The first-order valence-corrected chi connectivity index (χ1v) is 8.06. The minimum absolute atomic E-state index is 0.221. The van der Waals surface area contributed by atoms with E-state index in [1.807, 2.05) is 31.2 Å². The van der Waals surface area contributed by atoms with Gasteiger partial charge in [-0.3, -0.25) is 4.79 Å². The summed E-state index contributed by atoms with van der Waals surface area (Å²) in [5.74, 6) is 1.06. The number of carbonyl (C=O) groups is 1. The van der Waals surface area contributed by atoms with E-state index < -0.39 is 0 Å². The molecular weight excluding hydrogens is 288 g/mol. The quantitative estimate of drug-likeness (QED) is 0.760. The first-order valence-electron chi connectivity index (χ1n) is 8.06. The Kier molecular flexibility index (Phi) is 6.09. The van der Waals surface area contributed by atoms with Crippen molar-refractivity contribution in [2.45, 2.75) is 40.0 Å². The Morgan fingerprint density at radius 1 is 1.13 bits per heavy atom. The van der Waals surface area contributed by atoms with Gasteiger partial charge < -0.3 is 10.6 Å². The predicted molar refractivity (Wildman–Crippen MR) is 93.9 cm³/mol. The summed E-state index contributed by atoms with van der Waals surface area (Å²) < 4.78 is 0. The van der Waals surface area contributed by atoms with Gasteiger partial charge in [-0.15, -0.1) is 0 Å². The topological polar surface area (TPSA) is 66.9 Å². The molecular formula is C18H24N4O. The van der Waals surface area contributed by atoms with Gasteiger partial charge in [0.05, 0.1) is 0 Å². The first-order chi connectivity index (χ1) is 11.1. The predicted octanol–water partition coefficient (Wildman–Crippen LogP) is 3.95. The number of hydrogen-bond acceptors (Lipinski definition) is 4. The summed E-state index contributed by atoms with van der Waals surface area (Å²) in [6.45, 7) is 6.77. The van der Waals surface area contributed by atoms with Gasteiger partial charge in [-0.25, -0.2) is 9.97 Å². The number of carbonyl (C=O) groups excluding carboxylic acids is 1. The summed E-state index contributed by atoms with van der Waals surface area (Å²) in [7, 11) is 0. The number of hydrogen-bond donors (Lipinski definition) is 2. The number of nitrogens with zero attached hydrogens (tertiary/aromatic N) is 2. The highest BCUT2D eigenvalue weighted by molar-refractivity contribution is 6.03. The van der Waals surface area contributed by atoms with Crippen molar-refractivity contribution >= 4 is 17.4 Å². The number of anilines is 2. The molecule has 0 unspecified atom stereocenters. The third-order valence-corrected chi connectivity index (χ3v) is 3.55. The van der Waals surface area contributed by atoms with E-state index in [1.54, 1.807) is 13.0 Å². The molecule has 0 fully saturated rings. The molecule has 0 saturated carbocycles. The molecule has 0 aliphatic rings. The molecule has 122 valence electrons. The van der Waals surface area contributed by atoms with Crippen molar-refractivity contribution in [2.24, 2.45) is 0 Å². The number of unbranched alkanes of at least 4 members (excludes halogenated alkanes) is 2. The van der Waals surface area contributed by atoms with E-state index in [4.69, 9.17) is 0 Å². The Morgan fingerprint density at radius 3 is 2.65 bits per heavy atom. The van der Waals surface area contributed by atoms with E-state index in [0.717, 1.165) is 24.2 Å². The highest BCUT2D eigenvalue weighted by Crippen LogP contribution is 2.15. The molecule has 1 amide bonds. The van der Waals surface area contributed by atoms with Crippen LogP contribution < -0.4 is 10.6 Å². The third kappa shape index (κ3) is 5.06. The highest BCUT2D eigenvalue weighted by atomic mass is 16.1. The van der Waals surface area contributed by atoms with Crippen LogP contribution in [0, 0.1) is 13.8 Å². The summed E-state index contributed by atoms with van der Waals surface area (Å²) in [4.78, 5) is 21.0. The lowest BCUT2D eigenvalue weighted by Crippen LogP contribution is -2.16. The molecule has 0 aliphatic carbocycles. The first kappa shape index (κ1) is 16.9. The monoisotopic (exact) mass is 312 g/mol. The van der Waals surface area contributed by atoms with Gasteiger partial charge in [0.25, 0.3) is 5.91 Å². The van der Waals surface area contributed by atoms with Crippen LogP contribution in [0.25, 0.3) is 0 Å². The van der Waals surface area contributed by atoms with E-state index in [2.05, 4.69) is 27.5 Å². The molecule has 0 radical (unpaired) electrons. The average molecular weight is 312 g/mol. The largest absolute Gasteiger partial charge is 0.370 e. The third-order valence-electron chi connectivity index (χ3n) is 3.55. The van der Waals surface area contributed by atoms with E-state index >= 15 is 0 Å². The summed E-state index contributed by atoms with van der Waals surface area (Å²) in [5.41, 5.74) is 2.19. The highest BCUT2D eigenvalue weighted by Gasteiger charge is 2.11. The molecule has 1 aromatic carbocycles. The van der Waals surface area contributed by atoms with Crippen LogP contribution in [0.15, 0.2) is 30.3 Å². The second-order valence-corrected chi connectivity index (χ2v) is 5.59. The van der Waals surface area contributed by atoms with Gasteiger partial charge >= 0.3 is 0 Å². The van der Waals surface area contributed by atoms with Crippen LogP contribution in [0.4, 0.5) is 11.5 Å². The summed E-state index contributed by atoms with van der Waals surface area (Å²) >= 11 is 0. The van der Waals surface area contributed by atoms with Crippen molar-refractivity contribution in [3.8, 4) is 0 Å². The fourth-order valence-corrected chi connectivity index (χ4v) is 2.27. The number of nitrogens with one attached hydrogen (secondary N) is 2. The Labute approximate surface area is 137 Å². The normalized spacial score (nSPS) is 10.4. The smallest absolute Gasteiger partial charge is 0.274 e. The molecule has 5 nitrogen and oxygen atoms in total. The van der Waals surface area contributed by atoms with Gasteiger partial charge in [0.2, 0.25) is 0 Å². The summed E-state index contributed by atoms with van der Waals surface area (Å²) in [6.07, 6.45) is 3.44. The van der Waals surface area contributed by atoms with Crippen LogP contribution in [0.1, 0.15) is 48.1 Å². The Balaban J connectivity index is 2.08. The molecule has 5 heteroatoms.